The van der Waals surface area contributed by atoms with Gasteiger partial charge in [-0.3, -0.25) is 9.30 Å². The molecule has 0 saturated carbocycles. The van der Waals surface area contributed by atoms with Crippen molar-refractivity contribution in [2.45, 2.75) is 36.5 Å². The lowest BCUT2D eigenvalue weighted by Gasteiger charge is -2.30. The van der Waals surface area contributed by atoms with Gasteiger partial charge < -0.3 is 10.4 Å². The van der Waals surface area contributed by atoms with Crippen molar-refractivity contribution in [3.05, 3.63) is 54.2 Å². The van der Waals surface area contributed by atoms with Crippen LogP contribution in [0, 0.1) is 0 Å². The number of rotatable bonds is 6. The summed E-state index contributed by atoms with van der Waals surface area (Å²) in [5, 5.41) is 20.5. The Morgan fingerprint density at radius 3 is 2.78 bits per heavy atom. The minimum Gasteiger partial charge on any atom is -0.465 e. The Morgan fingerprint density at radius 1 is 1.22 bits per heavy atom. The number of thioether (sulfide) groups is 1. The molecule has 2 N–H and O–H groups in total. The maximum Gasteiger partial charge on any atom is 0.408 e. The average molecular weight is 517 g/mol. The van der Waals surface area contributed by atoms with Crippen molar-refractivity contribution in [1.82, 2.24) is 29.8 Å². The SMILES string of the molecule is CCSc1ccc2ccc(-c3nnc4ccc([C@@H](N5CCC(NC(=O)O)C5)C(F)(F)F)cn34)nc2c1. The summed E-state index contributed by atoms with van der Waals surface area (Å²) in [4.78, 5) is 18.0. The number of carbonyl (C=O) groups is 1. The number of pyridine rings is 2. The number of halogens is 3. The molecular formula is C24H23F3N6O2S. The fourth-order valence-corrected chi connectivity index (χ4v) is 5.34. The molecule has 1 aliphatic heterocycles. The molecule has 1 saturated heterocycles. The minimum absolute atomic E-state index is 0.0226. The van der Waals surface area contributed by atoms with Crippen molar-refractivity contribution in [2.75, 3.05) is 18.8 Å². The van der Waals surface area contributed by atoms with Gasteiger partial charge in [0, 0.05) is 35.6 Å². The van der Waals surface area contributed by atoms with Crippen molar-refractivity contribution < 1.29 is 23.1 Å². The Balaban J connectivity index is 1.53. The molecule has 0 aliphatic carbocycles. The normalized spacial score (nSPS) is 17.6. The van der Waals surface area contributed by atoms with Crippen LogP contribution in [-0.2, 0) is 0 Å². The van der Waals surface area contributed by atoms with Crippen LogP contribution in [0.5, 0.6) is 0 Å². The molecule has 5 rings (SSSR count). The Bertz CT molecular complexity index is 1430. The van der Waals surface area contributed by atoms with Crippen LogP contribution in [0.3, 0.4) is 0 Å². The molecule has 0 spiro atoms. The summed E-state index contributed by atoms with van der Waals surface area (Å²) in [7, 11) is 0. The molecule has 0 radical (unpaired) electrons. The summed E-state index contributed by atoms with van der Waals surface area (Å²) in [6.45, 7) is 2.15. The third-order valence-corrected chi connectivity index (χ3v) is 7.04. The van der Waals surface area contributed by atoms with E-state index in [2.05, 4.69) is 22.4 Å². The largest absolute Gasteiger partial charge is 0.465 e. The van der Waals surface area contributed by atoms with Gasteiger partial charge in [-0.1, -0.05) is 25.1 Å². The average Bonchev–Trinajstić information content (AvgIpc) is 3.44. The molecule has 0 bridgehead atoms. The molecule has 8 nitrogen and oxygen atoms in total. The summed E-state index contributed by atoms with van der Waals surface area (Å²) in [6, 6.07) is 10.1. The Kier molecular flexibility index (Phi) is 6.47. The second kappa shape index (κ2) is 9.58. The van der Waals surface area contributed by atoms with Gasteiger partial charge in [-0.05, 0) is 42.0 Å². The number of nitrogens with zero attached hydrogens (tertiary/aromatic N) is 5. The second-order valence-corrected chi connectivity index (χ2v) is 9.91. The Hall–Kier alpha value is -3.38. The third kappa shape index (κ3) is 4.82. The number of carboxylic acid groups (broad SMARTS) is 1. The monoisotopic (exact) mass is 516 g/mol. The fourth-order valence-electron chi connectivity index (χ4n) is 4.64. The third-order valence-electron chi connectivity index (χ3n) is 6.17. The molecule has 1 fully saturated rings. The Labute approximate surface area is 208 Å². The maximum absolute atomic E-state index is 14.2. The number of likely N-dealkylation sites (tertiary alicyclic amines) is 1. The van der Waals surface area contributed by atoms with Crippen molar-refractivity contribution in [3.8, 4) is 11.5 Å². The molecule has 36 heavy (non-hydrogen) atoms. The zero-order chi connectivity index (χ0) is 25.4. The van der Waals surface area contributed by atoms with Crippen LogP contribution in [0.1, 0.15) is 24.9 Å². The second-order valence-electron chi connectivity index (χ2n) is 8.57. The number of alkyl halides is 3. The summed E-state index contributed by atoms with van der Waals surface area (Å²) >= 11 is 1.70. The van der Waals surface area contributed by atoms with E-state index in [9.17, 15) is 18.0 Å². The Morgan fingerprint density at radius 2 is 2.03 bits per heavy atom. The molecule has 12 heteroatoms. The summed E-state index contributed by atoms with van der Waals surface area (Å²) < 4.78 is 44.2. The van der Waals surface area contributed by atoms with Crippen molar-refractivity contribution in [1.29, 1.82) is 0 Å². The minimum atomic E-state index is -4.56. The highest BCUT2D eigenvalue weighted by atomic mass is 32.2. The van der Waals surface area contributed by atoms with Gasteiger partial charge in [-0.2, -0.15) is 13.2 Å². The number of hydrogen-bond acceptors (Lipinski definition) is 6. The van der Waals surface area contributed by atoms with Crippen LogP contribution in [0.15, 0.2) is 53.6 Å². The van der Waals surface area contributed by atoms with E-state index in [1.165, 1.54) is 27.6 Å². The number of benzene rings is 1. The fraction of sp³-hybridized carbons (Fsp3) is 0.333. The molecule has 2 atom stereocenters. The van der Waals surface area contributed by atoms with Crippen LogP contribution in [0.25, 0.3) is 28.1 Å². The van der Waals surface area contributed by atoms with Gasteiger partial charge in [0.25, 0.3) is 0 Å². The standard InChI is InChI=1S/C24H23F3N6O2S/c1-2-36-17-6-3-14-4-7-18(29-19(14)11-17)22-31-30-20-8-5-15(12-33(20)22)21(24(25,26)27)32-10-9-16(13-32)28-23(34)35/h3-8,11-12,16,21,28H,2,9-10,13H2,1H3,(H,34,35)/t16?,21-/m1/s1. The molecule has 4 aromatic rings. The highest BCUT2D eigenvalue weighted by Gasteiger charge is 2.47. The van der Waals surface area contributed by atoms with Crippen LogP contribution < -0.4 is 5.32 Å². The van der Waals surface area contributed by atoms with Crippen LogP contribution in [0.4, 0.5) is 18.0 Å². The quantitative estimate of drug-likeness (QED) is 0.348. The molecule has 1 aromatic carbocycles. The topological polar surface area (TPSA) is 95.7 Å². The lowest BCUT2D eigenvalue weighted by atomic mass is 10.1. The van der Waals surface area contributed by atoms with Gasteiger partial charge in [-0.15, -0.1) is 22.0 Å². The smallest absolute Gasteiger partial charge is 0.408 e. The summed E-state index contributed by atoms with van der Waals surface area (Å²) in [6.07, 6.45) is -4.10. The molecule has 1 amide bonds. The van der Waals surface area contributed by atoms with E-state index in [0.717, 1.165) is 21.6 Å². The lowest BCUT2D eigenvalue weighted by molar-refractivity contribution is -0.184. The molecule has 1 unspecified atom stereocenters. The lowest BCUT2D eigenvalue weighted by Crippen LogP contribution is -2.40. The first kappa shape index (κ1) is 24.3. The maximum atomic E-state index is 14.2. The van der Waals surface area contributed by atoms with Gasteiger partial charge in [0.1, 0.15) is 11.7 Å². The van der Waals surface area contributed by atoms with Crippen LogP contribution >= 0.6 is 11.8 Å². The van der Waals surface area contributed by atoms with E-state index in [0.29, 0.717) is 23.6 Å². The summed E-state index contributed by atoms with van der Waals surface area (Å²) in [5.74, 6) is 1.27. The van der Waals surface area contributed by atoms with E-state index in [1.54, 1.807) is 17.8 Å². The highest BCUT2D eigenvalue weighted by molar-refractivity contribution is 7.99. The van der Waals surface area contributed by atoms with Gasteiger partial charge in [0.2, 0.25) is 0 Å². The zero-order valence-corrected chi connectivity index (χ0v) is 20.1. The van der Waals surface area contributed by atoms with E-state index in [4.69, 9.17) is 10.1 Å². The van der Waals surface area contributed by atoms with Gasteiger partial charge >= 0.3 is 12.3 Å². The van der Waals surface area contributed by atoms with E-state index < -0.39 is 24.4 Å². The zero-order valence-electron chi connectivity index (χ0n) is 19.2. The first-order valence-corrected chi connectivity index (χ1v) is 12.4. The van der Waals surface area contributed by atoms with Crippen LogP contribution in [-0.4, -0.2) is 66.7 Å². The molecule has 3 aromatic heterocycles. The number of fused-ring (bicyclic) bond motifs is 2. The van der Waals surface area contributed by atoms with Gasteiger partial charge in [-0.25, -0.2) is 9.78 Å². The first-order chi connectivity index (χ1) is 17.2. The number of amides is 1. The number of hydrogen-bond donors (Lipinski definition) is 2. The van der Waals surface area contributed by atoms with E-state index >= 15 is 0 Å². The van der Waals surface area contributed by atoms with Gasteiger partial charge in [0.05, 0.1) is 5.52 Å². The van der Waals surface area contributed by atoms with Crippen molar-refractivity contribution >= 4 is 34.4 Å². The number of nitrogens with one attached hydrogen (secondary N) is 1. The predicted octanol–water partition coefficient (Wildman–Crippen LogP) is 5.00. The predicted molar refractivity (Wildman–Crippen MR) is 130 cm³/mol. The van der Waals surface area contributed by atoms with E-state index in [1.807, 2.05) is 24.3 Å². The molecule has 1 aliphatic rings. The molecular weight excluding hydrogens is 493 g/mol. The van der Waals surface area contributed by atoms with Crippen molar-refractivity contribution in [3.63, 3.8) is 0 Å². The molecule has 4 heterocycles. The summed E-state index contributed by atoms with van der Waals surface area (Å²) in [5.41, 5.74) is 1.69. The van der Waals surface area contributed by atoms with Crippen LogP contribution in [0.2, 0.25) is 0 Å². The van der Waals surface area contributed by atoms with Gasteiger partial charge in [0.15, 0.2) is 11.5 Å². The number of aromatic nitrogens is 4. The molecule has 188 valence electrons. The highest BCUT2D eigenvalue weighted by Crippen LogP contribution is 2.39. The van der Waals surface area contributed by atoms with Crippen molar-refractivity contribution in [2.24, 2.45) is 0 Å². The first-order valence-electron chi connectivity index (χ1n) is 11.4. The van der Waals surface area contributed by atoms with E-state index in [-0.39, 0.29) is 18.7 Å².